The summed E-state index contributed by atoms with van der Waals surface area (Å²) in [4.78, 5) is 10.8. The van der Waals surface area contributed by atoms with Gasteiger partial charge in [-0.3, -0.25) is 0 Å². The molecule has 3 aromatic carbocycles. The molecule has 0 saturated heterocycles. The second-order valence-electron chi connectivity index (χ2n) is 11.1. The van der Waals surface area contributed by atoms with Crippen LogP contribution in [0.2, 0.25) is 0 Å². The van der Waals surface area contributed by atoms with E-state index in [-0.39, 0.29) is 0 Å². The first kappa shape index (κ1) is 29.4. The van der Waals surface area contributed by atoms with Crippen molar-refractivity contribution in [2.45, 2.75) is 72.1 Å². The van der Waals surface area contributed by atoms with E-state index in [2.05, 4.69) is 91.4 Å². The van der Waals surface area contributed by atoms with Crippen LogP contribution in [0.3, 0.4) is 0 Å². The average molecular weight is 510 g/mol. The molecule has 38 heavy (non-hydrogen) atoms. The fourth-order valence-electron chi connectivity index (χ4n) is 5.06. The number of nitrogens with zero attached hydrogens (tertiary/aromatic N) is 3. The van der Waals surface area contributed by atoms with Gasteiger partial charge in [-0.1, -0.05) is 119 Å². The van der Waals surface area contributed by atoms with E-state index in [4.69, 9.17) is 0 Å². The van der Waals surface area contributed by atoms with Crippen molar-refractivity contribution in [1.82, 2.24) is 9.97 Å². The molecule has 1 saturated carbocycles. The van der Waals surface area contributed by atoms with Crippen LogP contribution in [0.15, 0.2) is 84.9 Å². The van der Waals surface area contributed by atoms with Gasteiger partial charge < -0.3 is 4.90 Å². The summed E-state index contributed by atoms with van der Waals surface area (Å²) < 4.78 is 0. The second-order valence-corrected chi connectivity index (χ2v) is 11.1. The van der Waals surface area contributed by atoms with Gasteiger partial charge in [0.05, 0.1) is 5.52 Å². The highest BCUT2D eigenvalue weighted by Gasteiger charge is 2.13. The fraction of sp³-hybridized carbons (Fsp3) is 0.429. The van der Waals surface area contributed by atoms with Crippen LogP contribution in [0, 0.1) is 18.8 Å². The Labute approximate surface area is 231 Å². The van der Waals surface area contributed by atoms with E-state index in [0.717, 1.165) is 40.8 Å². The van der Waals surface area contributed by atoms with Crippen LogP contribution >= 0.6 is 0 Å². The number of fused-ring (bicyclic) bond motifs is 1. The number of anilines is 1. The van der Waals surface area contributed by atoms with Crippen LogP contribution in [0.4, 0.5) is 5.82 Å². The van der Waals surface area contributed by atoms with Gasteiger partial charge in [0.15, 0.2) is 0 Å². The van der Waals surface area contributed by atoms with E-state index < -0.39 is 0 Å². The van der Waals surface area contributed by atoms with Crippen molar-refractivity contribution in [3.8, 4) is 0 Å². The first-order chi connectivity index (χ1) is 18.4. The van der Waals surface area contributed by atoms with Crippen molar-refractivity contribution in [3.05, 3.63) is 102 Å². The molecule has 0 bridgehead atoms. The van der Waals surface area contributed by atoms with Gasteiger partial charge in [-0.15, -0.1) is 0 Å². The maximum Gasteiger partial charge on any atom is 0.139 e. The Morgan fingerprint density at radius 2 is 1.26 bits per heavy atom. The molecular formula is C35H47N3. The maximum absolute atomic E-state index is 4.42. The predicted molar refractivity (Wildman–Crippen MR) is 165 cm³/mol. The van der Waals surface area contributed by atoms with Gasteiger partial charge in [-0.25, -0.2) is 9.97 Å². The predicted octanol–water partition coefficient (Wildman–Crippen LogP) is 9.26. The molecule has 1 aromatic heterocycles. The normalized spacial score (nSPS) is 17.4. The number of aromatic nitrogens is 2. The van der Waals surface area contributed by atoms with Crippen LogP contribution < -0.4 is 4.90 Å². The summed E-state index contributed by atoms with van der Waals surface area (Å²) in [6.45, 7) is 8.91. The number of aryl methyl sites for hydroxylation is 1. The Bertz CT molecular complexity index is 1190. The van der Waals surface area contributed by atoms with Crippen molar-refractivity contribution in [1.29, 1.82) is 0 Å². The third-order valence-corrected chi connectivity index (χ3v) is 7.51. The topological polar surface area (TPSA) is 29.0 Å². The highest BCUT2D eigenvalue weighted by Crippen LogP contribution is 2.27. The van der Waals surface area contributed by atoms with E-state index in [0.29, 0.717) is 5.92 Å². The van der Waals surface area contributed by atoms with E-state index in [1.54, 1.807) is 0 Å². The smallest absolute Gasteiger partial charge is 0.139 e. The lowest BCUT2D eigenvalue weighted by Gasteiger charge is -2.22. The summed E-state index contributed by atoms with van der Waals surface area (Å²) in [6.07, 6.45) is 8.23. The molecular weight excluding hydrogens is 462 g/mol. The highest BCUT2D eigenvalue weighted by atomic mass is 15.1. The Kier molecular flexibility index (Phi) is 11.8. The molecule has 4 aromatic rings. The Hall–Kier alpha value is -3.20. The summed E-state index contributed by atoms with van der Waals surface area (Å²) in [7, 11) is 3.99. The zero-order valence-electron chi connectivity index (χ0n) is 24.4. The molecule has 0 spiro atoms. The molecule has 1 aliphatic carbocycles. The summed E-state index contributed by atoms with van der Waals surface area (Å²) in [6, 6.07) is 29.6. The molecule has 0 N–H and O–H groups in total. The number of para-hydroxylation sites is 1. The van der Waals surface area contributed by atoms with Gasteiger partial charge >= 0.3 is 0 Å². The van der Waals surface area contributed by atoms with Gasteiger partial charge in [0.25, 0.3) is 0 Å². The van der Waals surface area contributed by atoms with Crippen molar-refractivity contribution >= 4 is 16.7 Å². The molecule has 1 aliphatic rings. The summed E-state index contributed by atoms with van der Waals surface area (Å²) in [5, 5.41) is 1.10. The first-order valence-electron chi connectivity index (χ1n) is 14.4. The molecule has 1 fully saturated rings. The zero-order chi connectivity index (χ0) is 27.3. The minimum atomic E-state index is 0.642. The van der Waals surface area contributed by atoms with Crippen molar-refractivity contribution < 1.29 is 0 Å². The lowest BCUT2D eigenvalue weighted by Crippen LogP contribution is -2.12. The Balaban J connectivity index is 0.000000166. The monoisotopic (exact) mass is 509 g/mol. The molecule has 1 heterocycles. The first-order valence-corrected chi connectivity index (χ1v) is 14.4. The molecule has 1 atom stereocenters. The molecule has 3 nitrogen and oxygen atoms in total. The minimum Gasteiger partial charge on any atom is -0.362 e. The van der Waals surface area contributed by atoms with E-state index in [9.17, 15) is 0 Å². The molecule has 3 heteroatoms. The van der Waals surface area contributed by atoms with Crippen LogP contribution in [0.25, 0.3) is 10.9 Å². The zero-order valence-corrected chi connectivity index (χ0v) is 24.4. The van der Waals surface area contributed by atoms with E-state index in [1.807, 2.05) is 50.2 Å². The summed E-state index contributed by atoms with van der Waals surface area (Å²) in [5.74, 6) is 4.47. The SMILES string of the molecule is CC1CCC(C)CC1.CCC(Cc1ccccc1)c1ccccc1.Cc1nc(N(C)C)c2ccccc2n1. The molecule has 5 rings (SSSR count). The lowest BCUT2D eigenvalue weighted by molar-refractivity contribution is 0.308. The van der Waals surface area contributed by atoms with Crippen LogP contribution in [-0.4, -0.2) is 24.1 Å². The van der Waals surface area contributed by atoms with Gasteiger partial charge in [-0.2, -0.15) is 0 Å². The Morgan fingerprint density at radius 1 is 0.737 bits per heavy atom. The largest absolute Gasteiger partial charge is 0.362 e. The van der Waals surface area contributed by atoms with Gasteiger partial charge in [0.2, 0.25) is 0 Å². The van der Waals surface area contributed by atoms with Gasteiger partial charge in [0.1, 0.15) is 11.6 Å². The Morgan fingerprint density at radius 3 is 1.82 bits per heavy atom. The number of rotatable bonds is 5. The van der Waals surface area contributed by atoms with Crippen LogP contribution in [-0.2, 0) is 6.42 Å². The maximum atomic E-state index is 4.42. The molecule has 1 unspecified atom stereocenters. The van der Waals surface area contributed by atoms with Crippen LogP contribution in [0.5, 0.6) is 0 Å². The standard InChI is InChI=1S/C16H18.C11H13N3.C8H16/c1-2-15(16-11-7-4-8-12-16)13-14-9-5-3-6-10-14;1-8-12-10-7-5-4-6-9(10)11(13-8)14(2)3;1-7-3-5-8(2)6-4-7/h3-12,15H,2,13H2,1H3;4-7H,1-3H3;7-8H,3-6H2,1-2H3. The van der Waals surface area contributed by atoms with E-state index >= 15 is 0 Å². The lowest BCUT2D eigenvalue weighted by atomic mass is 9.84. The molecule has 0 amide bonds. The average Bonchev–Trinajstić information content (AvgIpc) is 2.94. The third-order valence-electron chi connectivity index (χ3n) is 7.51. The highest BCUT2D eigenvalue weighted by molar-refractivity contribution is 5.89. The number of benzene rings is 3. The molecule has 202 valence electrons. The second kappa shape index (κ2) is 15.3. The van der Waals surface area contributed by atoms with Gasteiger partial charge in [0, 0.05) is 19.5 Å². The summed E-state index contributed by atoms with van der Waals surface area (Å²) >= 11 is 0. The third kappa shape index (κ3) is 9.28. The molecule has 0 aliphatic heterocycles. The van der Waals surface area contributed by atoms with E-state index in [1.165, 1.54) is 43.2 Å². The minimum absolute atomic E-state index is 0.642. The van der Waals surface area contributed by atoms with Crippen molar-refractivity contribution in [3.63, 3.8) is 0 Å². The van der Waals surface area contributed by atoms with Crippen molar-refractivity contribution in [2.24, 2.45) is 11.8 Å². The van der Waals surface area contributed by atoms with Gasteiger partial charge in [-0.05, 0) is 60.8 Å². The summed E-state index contributed by atoms with van der Waals surface area (Å²) in [5.41, 5.74) is 3.88. The van der Waals surface area contributed by atoms with Crippen molar-refractivity contribution in [2.75, 3.05) is 19.0 Å². The van der Waals surface area contributed by atoms with Crippen LogP contribution in [0.1, 0.15) is 75.7 Å². The number of hydrogen-bond acceptors (Lipinski definition) is 3. The molecule has 0 radical (unpaired) electrons. The fourth-order valence-corrected chi connectivity index (χ4v) is 5.06. The number of hydrogen-bond donors (Lipinski definition) is 0. The quantitative estimate of drug-likeness (QED) is 0.268.